The van der Waals surface area contributed by atoms with Gasteiger partial charge in [-0.2, -0.15) is 0 Å². The first-order valence-electron chi connectivity index (χ1n) is 5.71. The number of Topliss-reactive ketones (excluding diaryl/α,β-unsaturated/α-hetero) is 1. The summed E-state index contributed by atoms with van der Waals surface area (Å²) in [6, 6.07) is 0. The lowest BCUT2D eigenvalue weighted by Gasteiger charge is -2.20. The zero-order valence-corrected chi connectivity index (χ0v) is 9.92. The molecule has 84 valence electrons. The standard InChI is InChI=1S/C12H24O2/c1-5-6-7-8-11(13)10(4)12(14)9(2)3/h9-10,12,14H,5-8H2,1-4H3. The molecule has 0 rings (SSSR count). The number of aliphatic hydroxyl groups is 1. The lowest BCUT2D eigenvalue weighted by atomic mass is 9.89. The van der Waals surface area contributed by atoms with Crippen LogP contribution in [-0.4, -0.2) is 17.0 Å². The molecule has 0 bridgehead atoms. The van der Waals surface area contributed by atoms with Crippen LogP contribution >= 0.6 is 0 Å². The maximum Gasteiger partial charge on any atom is 0.138 e. The minimum absolute atomic E-state index is 0.167. The normalized spacial score (nSPS) is 15.6. The summed E-state index contributed by atoms with van der Waals surface area (Å²) >= 11 is 0. The molecule has 0 fully saturated rings. The zero-order valence-electron chi connectivity index (χ0n) is 9.92. The zero-order chi connectivity index (χ0) is 11.1. The monoisotopic (exact) mass is 200 g/mol. The second-order valence-corrected chi connectivity index (χ2v) is 4.45. The highest BCUT2D eigenvalue weighted by Gasteiger charge is 2.23. The fourth-order valence-corrected chi connectivity index (χ4v) is 1.54. The van der Waals surface area contributed by atoms with Crippen LogP contribution in [0.5, 0.6) is 0 Å². The quantitative estimate of drug-likeness (QED) is 0.642. The minimum atomic E-state index is -0.482. The van der Waals surface area contributed by atoms with E-state index in [-0.39, 0.29) is 17.6 Å². The molecule has 0 aliphatic heterocycles. The van der Waals surface area contributed by atoms with Crippen LogP contribution in [0.3, 0.4) is 0 Å². The first-order chi connectivity index (χ1) is 6.50. The van der Waals surface area contributed by atoms with E-state index in [0.29, 0.717) is 6.42 Å². The molecule has 0 saturated heterocycles. The van der Waals surface area contributed by atoms with Gasteiger partial charge in [0.1, 0.15) is 5.78 Å². The van der Waals surface area contributed by atoms with E-state index in [1.165, 1.54) is 0 Å². The van der Waals surface area contributed by atoms with Gasteiger partial charge in [-0.05, 0) is 12.3 Å². The number of carbonyl (C=O) groups excluding carboxylic acids is 1. The topological polar surface area (TPSA) is 37.3 Å². The molecule has 0 heterocycles. The van der Waals surface area contributed by atoms with Gasteiger partial charge in [-0.15, -0.1) is 0 Å². The third-order valence-electron chi connectivity index (χ3n) is 2.73. The number of carbonyl (C=O) groups is 1. The molecule has 0 saturated carbocycles. The average Bonchev–Trinajstić information content (AvgIpc) is 2.15. The molecule has 0 aliphatic carbocycles. The lowest BCUT2D eigenvalue weighted by molar-refractivity contribution is -0.126. The number of aliphatic hydroxyl groups excluding tert-OH is 1. The van der Waals surface area contributed by atoms with Crippen molar-refractivity contribution in [1.82, 2.24) is 0 Å². The van der Waals surface area contributed by atoms with Gasteiger partial charge in [0.05, 0.1) is 6.10 Å². The van der Waals surface area contributed by atoms with E-state index in [0.717, 1.165) is 19.3 Å². The van der Waals surface area contributed by atoms with Crippen molar-refractivity contribution in [2.45, 2.75) is 59.5 Å². The first kappa shape index (κ1) is 13.6. The molecule has 2 nitrogen and oxygen atoms in total. The van der Waals surface area contributed by atoms with Crippen LogP contribution in [0.2, 0.25) is 0 Å². The van der Waals surface area contributed by atoms with E-state index >= 15 is 0 Å². The number of hydrogen-bond acceptors (Lipinski definition) is 2. The van der Waals surface area contributed by atoms with E-state index in [1.54, 1.807) is 0 Å². The molecule has 14 heavy (non-hydrogen) atoms. The second kappa shape index (κ2) is 6.99. The largest absolute Gasteiger partial charge is 0.392 e. The molecule has 0 aromatic heterocycles. The van der Waals surface area contributed by atoms with Crippen molar-refractivity contribution in [3.05, 3.63) is 0 Å². The first-order valence-corrected chi connectivity index (χ1v) is 5.71. The van der Waals surface area contributed by atoms with Gasteiger partial charge in [-0.25, -0.2) is 0 Å². The van der Waals surface area contributed by atoms with Gasteiger partial charge in [0.25, 0.3) is 0 Å². The summed E-state index contributed by atoms with van der Waals surface area (Å²) in [5.41, 5.74) is 0. The summed E-state index contributed by atoms with van der Waals surface area (Å²) in [7, 11) is 0. The summed E-state index contributed by atoms with van der Waals surface area (Å²) in [6.07, 6.45) is 3.34. The van der Waals surface area contributed by atoms with Crippen molar-refractivity contribution >= 4 is 5.78 Å². The van der Waals surface area contributed by atoms with Crippen molar-refractivity contribution in [2.24, 2.45) is 11.8 Å². The van der Waals surface area contributed by atoms with E-state index in [9.17, 15) is 9.90 Å². The van der Waals surface area contributed by atoms with Crippen molar-refractivity contribution in [1.29, 1.82) is 0 Å². The molecule has 0 aromatic rings. The molecule has 2 atom stereocenters. The van der Waals surface area contributed by atoms with E-state index in [4.69, 9.17) is 0 Å². The van der Waals surface area contributed by atoms with Crippen LogP contribution in [0.1, 0.15) is 53.4 Å². The van der Waals surface area contributed by atoms with Crippen LogP contribution in [-0.2, 0) is 4.79 Å². The fourth-order valence-electron chi connectivity index (χ4n) is 1.54. The Labute approximate surface area is 87.7 Å². The molecule has 0 spiro atoms. The van der Waals surface area contributed by atoms with Crippen LogP contribution in [0.25, 0.3) is 0 Å². The SMILES string of the molecule is CCCCCC(=O)C(C)C(O)C(C)C. The van der Waals surface area contributed by atoms with Gasteiger partial charge in [0.15, 0.2) is 0 Å². The summed E-state index contributed by atoms with van der Waals surface area (Å²) in [5, 5.41) is 9.70. The number of hydrogen-bond donors (Lipinski definition) is 1. The highest BCUT2D eigenvalue weighted by molar-refractivity contribution is 5.81. The molecule has 0 aliphatic rings. The molecule has 0 amide bonds. The maximum atomic E-state index is 11.6. The average molecular weight is 200 g/mol. The summed E-state index contributed by atoms with van der Waals surface area (Å²) in [5.74, 6) is 0.173. The van der Waals surface area contributed by atoms with Crippen molar-refractivity contribution < 1.29 is 9.90 Å². The Hall–Kier alpha value is -0.370. The third-order valence-corrected chi connectivity index (χ3v) is 2.73. The number of rotatable bonds is 7. The maximum absolute atomic E-state index is 11.6. The summed E-state index contributed by atoms with van der Waals surface area (Å²) in [6.45, 7) is 7.84. The Bertz CT molecular complexity index is 164. The predicted octanol–water partition coefficient (Wildman–Crippen LogP) is 2.79. The second-order valence-electron chi connectivity index (χ2n) is 4.45. The summed E-state index contributed by atoms with van der Waals surface area (Å²) in [4.78, 5) is 11.6. The Morgan fingerprint density at radius 1 is 1.21 bits per heavy atom. The van der Waals surface area contributed by atoms with E-state index in [2.05, 4.69) is 6.92 Å². The van der Waals surface area contributed by atoms with Crippen molar-refractivity contribution in [2.75, 3.05) is 0 Å². The van der Waals surface area contributed by atoms with Crippen LogP contribution in [0, 0.1) is 11.8 Å². The molecular formula is C12H24O2. The smallest absolute Gasteiger partial charge is 0.138 e. The molecule has 2 unspecified atom stereocenters. The molecule has 1 N–H and O–H groups in total. The highest BCUT2D eigenvalue weighted by atomic mass is 16.3. The predicted molar refractivity (Wildman–Crippen MR) is 59.2 cm³/mol. The third kappa shape index (κ3) is 4.75. The molecule has 0 aromatic carbocycles. The Morgan fingerprint density at radius 2 is 1.79 bits per heavy atom. The van der Waals surface area contributed by atoms with Crippen LogP contribution < -0.4 is 0 Å². The minimum Gasteiger partial charge on any atom is -0.392 e. The van der Waals surface area contributed by atoms with Gasteiger partial charge in [-0.3, -0.25) is 4.79 Å². The lowest BCUT2D eigenvalue weighted by Crippen LogP contribution is -2.29. The number of ketones is 1. The van der Waals surface area contributed by atoms with Crippen LogP contribution in [0.4, 0.5) is 0 Å². The van der Waals surface area contributed by atoms with Crippen molar-refractivity contribution in [3.63, 3.8) is 0 Å². The van der Waals surface area contributed by atoms with Gasteiger partial charge < -0.3 is 5.11 Å². The summed E-state index contributed by atoms with van der Waals surface area (Å²) < 4.78 is 0. The fraction of sp³-hybridized carbons (Fsp3) is 0.917. The van der Waals surface area contributed by atoms with Gasteiger partial charge >= 0.3 is 0 Å². The Balaban J connectivity index is 3.86. The molecular weight excluding hydrogens is 176 g/mol. The Morgan fingerprint density at radius 3 is 2.21 bits per heavy atom. The van der Waals surface area contributed by atoms with Gasteiger partial charge in [-0.1, -0.05) is 40.5 Å². The van der Waals surface area contributed by atoms with E-state index < -0.39 is 6.10 Å². The number of unbranched alkanes of at least 4 members (excludes halogenated alkanes) is 2. The Kier molecular flexibility index (Phi) is 6.81. The molecule has 0 radical (unpaired) electrons. The highest BCUT2D eigenvalue weighted by Crippen LogP contribution is 2.16. The van der Waals surface area contributed by atoms with Crippen molar-refractivity contribution in [3.8, 4) is 0 Å². The van der Waals surface area contributed by atoms with Crippen LogP contribution in [0.15, 0.2) is 0 Å². The van der Waals surface area contributed by atoms with Gasteiger partial charge in [0.2, 0.25) is 0 Å². The van der Waals surface area contributed by atoms with Gasteiger partial charge in [0, 0.05) is 12.3 Å². The van der Waals surface area contributed by atoms with E-state index in [1.807, 2.05) is 20.8 Å². The molecule has 2 heteroatoms.